The maximum Gasteiger partial charge on any atom is 0.276 e. The Morgan fingerprint density at radius 3 is 2.67 bits per heavy atom. The van der Waals surface area contributed by atoms with Crippen molar-refractivity contribution < 1.29 is 4.79 Å². The van der Waals surface area contributed by atoms with Crippen molar-refractivity contribution in [3.8, 4) is 0 Å². The molecule has 1 aromatic carbocycles. The van der Waals surface area contributed by atoms with Gasteiger partial charge in [0.25, 0.3) is 5.56 Å². The summed E-state index contributed by atoms with van der Waals surface area (Å²) in [5.41, 5.74) is 4.10. The number of nitrogens with one attached hydrogen (secondary N) is 1. The van der Waals surface area contributed by atoms with Crippen LogP contribution in [-0.2, 0) is 17.9 Å². The number of nitrogens with zero attached hydrogens (tertiary/aromatic N) is 3. The monoisotopic (exact) mass is 360 g/mol. The van der Waals surface area contributed by atoms with Crippen LogP contribution in [-0.4, -0.2) is 19.9 Å². The lowest BCUT2D eigenvalue weighted by atomic mass is 10.1. The number of aryl methyl sites for hydroxylation is 2. The first-order valence-electron chi connectivity index (χ1n) is 8.90. The second kappa shape index (κ2) is 7.07. The molecule has 136 valence electrons. The van der Waals surface area contributed by atoms with E-state index in [9.17, 15) is 9.59 Å². The molecule has 0 saturated heterocycles. The van der Waals surface area contributed by atoms with E-state index >= 15 is 0 Å². The van der Waals surface area contributed by atoms with E-state index in [2.05, 4.69) is 10.3 Å². The van der Waals surface area contributed by atoms with Crippen molar-refractivity contribution in [3.05, 3.63) is 82.4 Å². The summed E-state index contributed by atoms with van der Waals surface area (Å²) in [5, 5.41) is 2.91. The van der Waals surface area contributed by atoms with Crippen molar-refractivity contribution in [2.24, 2.45) is 0 Å². The van der Waals surface area contributed by atoms with Gasteiger partial charge in [-0.2, -0.15) is 0 Å². The summed E-state index contributed by atoms with van der Waals surface area (Å²) in [4.78, 5) is 29.4. The maximum atomic E-state index is 12.8. The molecule has 0 radical (unpaired) electrons. The topological polar surface area (TPSA) is 68.4 Å². The standard InChI is InChI=1S/C21H20N4O2/c1-15-6-8-16(9-7-15)14-23-19(26)10-13-25-20-17(4-2-11-22-20)24-12-3-5-18(24)21(25)27/h2-9,11-12H,10,13-14H2,1H3,(H,23,26). The lowest BCUT2D eigenvalue weighted by Gasteiger charge is -2.12. The zero-order valence-corrected chi connectivity index (χ0v) is 15.1. The smallest absolute Gasteiger partial charge is 0.276 e. The Morgan fingerprint density at radius 1 is 1.07 bits per heavy atom. The third-order valence-corrected chi connectivity index (χ3v) is 4.67. The van der Waals surface area contributed by atoms with E-state index in [0.717, 1.165) is 11.1 Å². The summed E-state index contributed by atoms with van der Waals surface area (Å²) < 4.78 is 3.41. The van der Waals surface area contributed by atoms with Gasteiger partial charge in [-0.3, -0.25) is 14.2 Å². The van der Waals surface area contributed by atoms with Crippen LogP contribution in [0, 0.1) is 6.92 Å². The van der Waals surface area contributed by atoms with Crippen LogP contribution in [0.5, 0.6) is 0 Å². The number of amides is 1. The van der Waals surface area contributed by atoms with E-state index in [1.165, 1.54) is 5.56 Å². The van der Waals surface area contributed by atoms with Gasteiger partial charge in [-0.25, -0.2) is 4.98 Å². The highest BCUT2D eigenvalue weighted by molar-refractivity contribution is 5.77. The van der Waals surface area contributed by atoms with Gasteiger partial charge >= 0.3 is 0 Å². The van der Waals surface area contributed by atoms with Crippen LogP contribution in [0.25, 0.3) is 16.7 Å². The van der Waals surface area contributed by atoms with Crippen molar-refractivity contribution in [3.63, 3.8) is 0 Å². The lowest BCUT2D eigenvalue weighted by molar-refractivity contribution is -0.121. The van der Waals surface area contributed by atoms with Crippen LogP contribution >= 0.6 is 0 Å². The van der Waals surface area contributed by atoms with E-state index in [1.54, 1.807) is 16.8 Å². The molecule has 1 N–H and O–H groups in total. The van der Waals surface area contributed by atoms with Crippen LogP contribution < -0.4 is 10.9 Å². The highest BCUT2D eigenvalue weighted by Crippen LogP contribution is 2.13. The molecule has 0 spiro atoms. The van der Waals surface area contributed by atoms with Crippen LogP contribution in [0.2, 0.25) is 0 Å². The van der Waals surface area contributed by atoms with Gasteiger partial charge in [0.15, 0.2) is 5.65 Å². The summed E-state index contributed by atoms with van der Waals surface area (Å²) in [6.07, 6.45) is 3.72. The van der Waals surface area contributed by atoms with Gasteiger partial charge in [0, 0.05) is 31.9 Å². The second-order valence-corrected chi connectivity index (χ2v) is 6.58. The average Bonchev–Trinajstić information content (AvgIpc) is 3.18. The van der Waals surface area contributed by atoms with Gasteiger partial charge in [0.05, 0.1) is 5.52 Å². The zero-order valence-electron chi connectivity index (χ0n) is 15.1. The Hall–Kier alpha value is -3.41. The van der Waals surface area contributed by atoms with E-state index in [4.69, 9.17) is 0 Å². The van der Waals surface area contributed by atoms with Gasteiger partial charge in [-0.05, 0) is 36.8 Å². The van der Waals surface area contributed by atoms with Crippen molar-refractivity contribution >= 4 is 22.6 Å². The number of benzene rings is 1. The third kappa shape index (κ3) is 3.33. The molecule has 6 nitrogen and oxygen atoms in total. The number of fused-ring (bicyclic) bond motifs is 3. The third-order valence-electron chi connectivity index (χ3n) is 4.67. The number of aromatic nitrogens is 3. The SMILES string of the molecule is Cc1ccc(CNC(=O)CCn2c(=O)c3cccn3c3cccnc32)cc1. The fourth-order valence-corrected chi connectivity index (χ4v) is 3.20. The van der Waals surface area contributed by atoms with Crippen LogP contribution in [0.4, 0.5) is 0 Å². The number of hydrogen-bond acceptors (Lipinski definition) is 3. The molecule has 3 heterocycles. The van der Waals surface area contributed by atoms with Crippen molar-refractivity contribution in [1.29, 1.82) is 0 Å². The molecule has 0 atom stereocenters. The molecule has 1 amide bonds. The molecule has 0 saturated carbocycles. The quantitative estimate of drug-likeness (QED) is 0.595. The van der Waals surface area contributed by atoms with E-state index in [-0.39, 0.29) is 24.4 Å². The number of carbonyl (C=O) groups excluding carboxylic acids is 1. The van der Waals surface area contributed by atoms with Crippen molar-refractivity contribution in [1.82, 2.24) is 19.3 Å². The van der Waals surface area contributed by atoms with Crippen LogP contribution in [0.3, 0.4) is 0 Å². The minimum absolute atomic E-state index is 0.0955. The Balaban J connectivity index is 1.52. The zero-order chi connectivity index (χ0) is 18.8. The fourth-order valence-electron chi connectivity index (χ4n) is 3.20. The highest BCUT2D eigenvalue weighted by Gasteiger charge is 2.12. The van der Waals surface area contributed by atoms with E-state index in [0.29, 0.717) is 17.7 Å². The summed E-state index contributed by atoms with van der Waals surface area (Å²) >= 11 is 0. The molecule has 0 unspecified atom stereocenters. The van der Waals surface area contributed by atoms with Crippen LogP contribution in [0.1, 0.15) is 17.5 Å². The minimum atomic E-state index is -0.141. The second-order valence-electron chi connectivity index (χ2n) is 6.58. The predicted molar refractivity (Wildman–Crippen MR) is 105 cm³/mol. The molecule has 4 aromatic rings. The molecule has 0 fully saturated rings. The number of rotatable bonds is 5. The Kier molecular flexibility index (Phi) is 4.46. The number of hydrogen-bond donors (Lipinski definition) is 1. The maximum absolute atomic E-state index is 12.8. The first kappa shape index (κ1) is 17.0. The molecule has 0 aliphatic rings. The normalized spacial score (nSPS) is 11.1. The molecule has 0 bridgehead atoms. The van der Waals surface area contributed by atoms with Gasteiger partial charge in [0.1, 0.15) is 5.52 Å². The highest BCUT2D eigenvalue weighted by atomic mass is 16.2. The van der Waals surface area contributed by atoms with Gasteiger partial charge < -0.3 is 9.72 Å². The predicted octanol–water partition coefficient (Wildman–Crippen LogP) is 2.66. The summed E-state index contributed by atoms with van der Waals surface area (Å²) in [7, 11) is 0. The van der Waals surface area contributed by atoms with Crippen molar-refractivity contribution in [2.75, 3.05) is 0 Å². The molecule has 6 heteroatoms. The first-order chi connectivity index (χ1) is 13.1. The molecule has 3 aromatic heterocycles. The van der Waals surface area contributed by atoms with Gasteiger partial charge in [-0.15, -0.1) is 0 Å². The summed E-state index contributed by atoms with van der Waals surface area (Å²) in [6.45, 7) is 2.79. The Morgan fingerprint density at radius 2 is 1.85 bits per heavy atom. The average molecular weight is 360 g/mol. The van der Waals surface area contributed by atoms with Gasteiger partial charge in [0.2, 0.25) is 5.91 Å². The molecular formula is C21H20N4O2. The summed E-state index contributed by atoms with van der Waals surface area (Å²) in [6, 6.07) is 15.4. The molecular weight excluding hydrogens is 340 g/mol. The van der Waals surface area contributed by atoms with E-state index in [1.807, 2.05) is 60.0 Å². The fraction of sp³-hybridized carbons (Fsp3) is 0.190. The minimum Gasteiger partial charge on any atom is -0.352 e. The van der Waals surface area contributed by atoms with Gasteiger partial charge in [-0.1, -0.05) is 29.8 Å². The Labute approximate surface area is 156 Å². The van der Waals surface area contributed by atoms with E-state index < -0.39 is 0 Å². The molecule has 0 aliphatic heterocycles. The molecule has 0 aliphatic carbocycles. The van der Waals surface area contributed by atoms with Crippen molar-refractivity contribution in [2.45, 2.75) is 26.4 Å². The molecule has 27 heavy (non-hydrogen) atoms. The number of carbonyl (C=O) groups is 1. The Bertz CT molecular complexity index is 1170. The largest absolute Gasteiger partial charge is 0.352 e. The first-order valence-corrected chi connectivity index (χ1v) is 8.90. The lowest BCUT2D eigenvalue weighted by Crippen LogP contribution is -2.28. The summed E-state index contributed by atoms with van der Waals surface area (Å²) in [5.74, 6) is -0.0955. The van der Waals surface area contributed by atoms with Crippen LogP contribution in [0.15, 0.2) is 65.7 Å². The number of pyridine rings is 1. The molecule has 4 rings (SSSR count).